The van der Waals surface area contributed by atoms with Gasteiger partial charge in [0.2, 0.25) is 0 Å². The van der Waals surface area contributed by atoms with Gasteiger partial charge in [0.05, 0.1) is 10.7 Å². The van der Waals surface area contributed by atoms with Gasteiger partial charge in [-0.05, 0) is 24.3 Å². The summed E-state index contributed by atoms with van der Waals surface area (Å²) >= 11 is 17.0. The third kappa shape index (κ3) is 3.32. The van der Waals surface area contributed by atoms with Crippen molar-refractivity contribution in [1.29, 1.82) is 0 Å². The van der Waals surface area contributed by atoms with Crippen molar-refractivity contribution < 1.29 is 12.8 Å². The third-order valence-corrected chi connectivity index (χ3v) is 4.51. The molecule has 2 rings (SSSR count). The number of rotatable bonds is 3. The number of nitrogens with zero attached hydrogens (tertiary/aromatic N) is 1. The molecule has 1 aromatic heterocycles. The van der Waals surface area contributed by atoms with Crippen molar-refractivity contribution in [2.45, 2.75) is 4.90 Å². The Bertz CT molecular complexity index is 768. The van der Waals surface area contributed by atoms with Gasteiger partial charge < -0.3 is 0 Å². The van der Waals surface area contributed by atoms with Gasteiger partial charge in [0, 0.05) is 11.2 Å². The van der Waals surface area contributed by atoms with Gasteiger partial charge >= 0.3 is 0 Å². The average molecular weight is 356 g/mol. The molecule has 0 aliphatic rings. The maximum Gasteiger partial charge on any atom is 0.263 e. The summed E-state index contributed by atoms with van der Waals surface area (Å²) in [4.78, 5) is 3.38. The zero-order valence-corrected chi connectivity index (χ0v) is 12.7. The minimum atomic E-state index is -4.05. The molecule has 0 spiro atoms. The molecular weight excluding hydrogens is 350 g/mol. The molecule has 0 unspecified atom stereocenters. The summed E-state index contributed by atoms with van der Waals surface area (Å²) in [5.41, 5.74) is -0.274. The number of hydrogen-bond acceptors (Lipinski definition) is 3. The van der Waals surface area contributed by atoms with Crippen molar-refractivity contribution >= 4 is 50.5 Å². The van der Waals surface area contributed by atoms with Crippen LogP contribution in [-0.2, 0) is 10.0 Å². The van der Waals surface area contributed by atoms with E-state index < -0.39 is 15.8 Å². The molecule has 0 saturated carbocycles. The fourth-order valence-corrected chi connectivity index (χ4v) is 2.86. The summed E-state index contributed by atoms with van der Waals surface area (Å²) in [5.74, 6) is -0.758. The molecule has 0 fully saturated rings. The van der Waals surface area contributed by atoms with E-state index in [4.69, 9.17) is 34.8 Å². The van der Waals surface area contributed by atoms with Crippen molar-refractivity contribution in [2.75, 3.05) is 4.72 Å². The molecule has 9 heteroatoms. The summed E-state index contributed by atoms with van der Waals surface area (Å²) in [5, 5.41) is 0.136. The van der Waals surface area contributed by atoms with E-state index in [0.29, 0.717) is 0 Å². The second kappa shape index (κ2) is 5.73. The lowest BCUT2D eigenvalue weighted by Gasteiger charge is -2.09. The first kappa shape index (κ1) is 15.3. The van der Waals surface area contributed by atoms with Crippen LogP contribution in [0.5, 0.6) is 0 Å². The van der Waals surface area contributed by atoms with E-state index in [1.54, 1.807) is 0 Å². The van der Waals surface area contributed by atoms with E-state index in [2.05, 4.69) is 9.71 Å². The lowest BCUT2D eigenvalue weighted by molar-refractivity contribution is 0.598. The van der Waals surface area contributed by atoms with Crippen molar-refractivity contribution in [3.63, 3.8) is 0 Å². The highest BCUT2D eigenvalue weighted by atomic mass is 35.5. The second-order valence-electron chi connectivity index (χ2n) is 3.67. The Morgan fingerprint density at radius 1 is 1.15 bits per heavy atom. The van der Waals surface area contributed by atoms with Gasteiger partial charge in [-0.15, -0.1) is 0 Å². The largest absolute Gasteiger partial charge is 0.277 e. The van der Waals surface area contributed by atoms with E-state index >= 15 is 0 Å². The van der Waals surface area contributed by atoms with Crippen LogP contribution in [0.1, 0.15) is 0 Å². The molecule has 20 heavy (non-hydrogen) atoms. The number of benzene rings is 1. The van der Waals surface area contributed by atoms with Crippen LogP contribution in [-0.4, -0.2) is 13.4 Å². The molecule has 4 nitrogen and oxygen atoms in total. The minimum absolute atomic E-state index is 0.0268. The van der Waals surface area contributed by atoms with Crippen LogP contribution in [0.25, 0.3) is 0 Å². The minimum Gasteiger partial charge on any atom is -0.277 e. The SMILES string of the molecule is O=S(=O)(Nc1cc(Cl)ccc1F)c1cnc(Cl)c(Cl)c1. The third-order valence-electron chi connectivity index (χ3n) is 2.25. The molecular formula is C11H6Cl3FN2O2S. The molecule has 0 bridgehead atoms. The van der Waals surface area contributed by atoms with Gasteiger partial charge in [-0.3, -0.25) is 4.72 Å². The maximum absolute atomic E-state index is 13.5. The Morgan fingerprint density at radius 2 is 1.85 bits per heavy atom. The number of hydrogen-bond donors (Lipinski definition) is 1. The molecule has 0 aliphatic carbocycles. The molecule has 106 valence electrons. The van der Waals surface area contributed by atoms with Crippen LogP contribution >= 0.6 is 34.8 Å². The first-order chi connectivity index (χ1) is 9.29. The molecule has 0 amide bonds. The fraction of sp³-hybridized carbons (Fsp3) is 0. The predicted octanol–water partition coefficient (Wildman–Crippen LogP) is 3.98. The smallest absolute Gasteiger partial charge is 0.263 e. The van der Waals surface area contributed by atoms with Crippen molar-refractivity contribution in [3.05, 3.63) is 51.5 Å². The first-order valence-corrected chi connectivity index (χ1v) is 7.70. The quantitative estimate of drug-likeness (QED) is 0.847. The van der Waals surface area contributed by atoms with E-state index in [1.807, 2.05) is 0 Å². The monoisotopic (exact) mass is 354 g/mol. The topological polar surface area (TPSA) is 59.1 Å². The van der Waals surface area contributed by atoms with Crippen LogP contribution < -0.4 is 4.72 Å². The number of halogens is 4. The lowest BCUT2D eigenvalue weighted by Crippen LogP contribution is -2.14. The molecule has 0 radical (unpaired) electrons. The van der Waals surface area contributed by atoms with Crippen molar-refractivity contribution in [3.8, 4) is 0 Å². The average Bonchev–Trinajstić information content (AvgIpc) is 2.36. The van der Waals surface area contributed by atoms with E-state index in [0.717, 1.165) is 24.4 Å². The molecule has 2 aromatic rings. The Labute approximate surface area is 129 Å². The van der Waals surface area contributed by atoms with Crippen LogP contribution in [0.4, 0.5) is 10.1 Å². The van der Waals surface area contributed by atoms with Crippen LogP contribution in [0.2, 0.25) is 15.2 Å². The number of anilines is 1. The summed E-state index contributed by atoms with van der Waals surface area (Å²) < 4.78 is 39.7. The molecule has 0 saturated heterocycles. The molecule has 1 N–H and O–H groups in total. The summed E-state index contributed by atoms with van der Waals surface area (Å²) in [6.07, 6.45) is 1.01. The van der Waals surface area contributed by atoms with E-state index in [1.165, 1.54) is 6.07 Å². The Hall–Kier alpha value is -1.08. The molecule has 0 atom stereocenters. The highest BCUT2D eigenvalue weighted by molar-refractivity contribution is 7.92. The number of sulfonamides is 1. The van der Waals surface area contributed by atoms with Crippen molar-refractivity contribution in [2.24, 2.45) is 0 Å². The highest BCUT2D eigenvalue weighted by Crippen LogP contribution is 2.25. The molecule has 1 heterocycles. The Morgan fingerprint density at radius 3 is 2.50 bits per heavy atom. The zero-order valence-electron chi connectivity index (χ0n) is 9.57. The maximum atomic E-state index is 13.5. The normalized spacial score (nSPS) is 11.4. The van der Waals surface area contributed by atoms with Gasteiger partial charge in [0.25, 0.3) is 10.0 Å². The Balaban J connectivity index is 2.40. The van der Waals surface area contributed by atoms with Gasteiger partial charge in [-0.25, -0.2) is 17.8 Å². The van der Waals surface area contributed by atoms with Gasteiger partial charge in [0.1, 0.15) is 15.9 Å². The summed E-state index contributed by atoms with van der Waals surface area (Å²) in [6, 6.07) is 4.61. The van der Waals surface area contributed by atoms with Crippen LogP contribution in [0.3, 0.4) is 0 Å². The number of aromatic nitrogens is 1. The fourth-order valence-electron chi connectivity index (χ4n) is 1.33. The van der Waals surface area contributed by atoms with Crippen LogP contribution in [0, 0.1) is 5.82 Å². The summed E-state index contributed by atoms with van der Waals surface area (Å²) in [6.45, 7) is 0. The zero-order chi connectivity index (χ0) is 14.9. The predicted molar refractivity (Wildman–Crippen MR) is 76.5 cm³/mol. The Kier molecular flexibility index (Phi) is 4.39. The first-order valence-electron chi connectivity index (χ1n) is 5.08. The standard InChI is InChI=1S/C11H6Cl3FN2O2S/c12-6-1-2-9(15)10(3-6)17-20(18,19)7-4-8(13)11(14)16-5-7/h1-5,17H. The van der Waals surface area contributed by atoms with Gasteiger partial charge in [-0.2, -0.15) is 0 Å². The second-order valence-corrected chi connectivity index (χ2v) is 6.56. The lowest BCUT2D eigenvalue weighted by atomic mass is 10.3. The number of pyridine rings is 1. The van der Waals surface area contributed by atoms with E-state index in [9.17, 15) is 12.8 Å². The molecule has 0 aliphatic heterocycles. The molecule has 1 aromatic carbocycles. The van der Waals surface area contributed by atoms with Gasteiger partial charge in [0.15, 0.2) is 0 Å². The van der Waals surface area contributed by atoms with Crippen molar-refractivity contribution in [1.82, 2.24) is 4.98 Å². The number of nitrogens with one attached hydrogen (secondary N) is 1. The highest BCUT2D eigenvalue weighted by Gasteiger charge is 2.18. The van der Waals surface area contributed by atoms with Gasteiger partial charge in [-0.1, -0.05) is 34.8 Å². The van der Waals surface area contributed by atoms with E-state index in [-0.39, 0.29) is 25.8 Å². The summed E-state index contributed by atoms with van der Waals surface area (Å²) in [7, 11) is -4.05. The van der Waals surface area contributed by atoms with Crippen LogP contribution in [0.15, 0.2) is 35.4 Å².